The van der Waals surface area contributed by atoms with Crippen LogP contribution in [0.5, 0.6) is 5.95 Å². The maximum Gasteiger partial charge on any atom is 0.513 e. The van der Waals surface area contributed by atoms with E-state index in [2.05, 4.69) is 30.5 Å². The van der Waals surface area contributed by atoms with Gasteiger partial charge < -0.3 is 19.2 Å². The van der Waals surface area contributed by atoms with E-state index in [0.717, 1.165) is 58.9 Å². The Morgan fingerprint density at radius 2 is 1.90 bits per heavy atom. The highest BCUT2D eigenvalue weighted by Gasteiger charge is 2.22. The minimum atomic E-state index is -1.41. The second kappa shape index (κ2) is 8.44. The lowest BCUT2D eigenvalue weighted by atomic mass is 10.1. The van der Waals surface area contributed by atoms with Crippen molar-refractivity contribution in [3.63, 3.8) is 0 Å². The zero-order valence-corrected chi connectivity index (χ0v) is 18.3. The van der Waals surface area contributed by atoms with E-state index >= 15 is 0 Å². The maximum absolute atomic E-state index is 10.7. The van der Waals surface area contributed by atoms with Crippen LogP contribution in [0.1, 0.15) is 5.56 Å². The Labute approximate surface area is 185 Å². The molecule has 0 bridgehead atoms. The molecule has 9 heteroatoms. The Kier molecular flexibility index (Phi) is 5.92. The number of piperazine rings is 1. The lowest BCUT2D eigenvalue weighted by Gasteiger charge is -2.36. The van der Waals surface area contributed by atoms with Gasteiger partial charge in [-0.3, -0.25) is 4.90 Å². The summed E-state index contributed by atoms with van der Waals surface area (Å²) in [5, 5.41) is 10.9. The van der Waals surface area contributed by atoms with Gasteiger partial charge in [0.1, 0.15) is 5.58 Å². The number of hydrogen-bond acceptors (Lipinski definition) is 5. The predicted octanol–water partition coefficient (Wildman–Crippen LogP) is 5.88. The first-order chi connectivity index (χ1) is 13.9. The van der Waals surface area contributed by atoms with Crippen molar-refractivity contribution in [3.8, 4) is 5.95 Å². The van der Waals surface area contributed by atoms with Crippen molar-refractivity contribution in [1.29, 1.82) is 0 Å². The normalized spacial score (nSPS) is 15.1. The average Bonchev–Trinajstić information content (AvgIpc) is 3.09. The summed E-state index contributed by atoms with van der Waals surface area (Å²) in [5.41, 5.74) is 2.62. The van der Waals surface area contributed by atoms with E-state index in [4.69, 9.17) is 32.7 Å². The van der Waals surface area contributed by atoms with Gasteiger partial charge >= 0.3 is 6.16 Å². The monoisotopic (exact) mass is 498 g/mol. The van der Waals surface area contributed by atoms with Gasteiger partial charge in [0.15, 0.2) is 0 Å². The highest BCUT2D eigenvalue weighted by Crippen LogP contribution is 2.38. The highest BCUT2D eigenvalue weighted by molar-refractivity contribution is 9.10. The fourth-order valence-corrected chi connectivity index (χ4v) is 4.54. The summed E-state index contributed by atoms with van der Waals surface area (Å²) in [4.78, 5) is 15.4. The Balaban J connectivity index is 1.46. The maximum atomic E-state index is 10.7. The SMILES string of the molecule is O=C(O)Oc1cc2c(Br)c(N3CCN(Cc4cc(Cl)ccc4Cl)CC3)ccc2o1. The van der Waals surface area contributed by atoms with E-state index in [-0.39, 0.29) is 5.95 Å². The molecule has 29 heavy (non-hydrogen) atoms. The van der Waals surface area contributed by atoms with E-state index in [0.29, 0.717) is 10.6 Å². The van der Waals surface area contributed by atoms with Gasteiger partial charge in [-0.05, 0) is 51.8 Å². The quantitative estimate of drug-likeness (QED) is 0.452. The third kappa shape index (κ3) is 4.48. The van der Waals surface area contributed by atoms with Gasteiger partial charge in [0.2, 0.25) is 0 Å². The molecule has 1 aliphatic heterocycles. The topological polar surface area (TPSA) is 66.2 Å². The predicted molar refractivity (Wildman–Crippen MR) is 117 cm³/mol. The molecule has 1 aromatic heterocycles. The van der Waals surface area contributed by atoms with Gasteiger partial charge in [-0.2, -0.15) is 0 Å². The molecule has 1 saturated heterocycles. The first kappa shape index (κ1) is 20.3. The van der Waals surface area contributed by atoms with E-state index in [9.17, 15) is 4.79 Å². The Bertz CT molecular complexity index is 1060. The van der Waals surface area contributed by atoms with Crippen LogP contribution in [-0.2, 0) is 6.54 Å². The number of hydrogen-bond donors (Lipinski definition) is 1. The molecule has 2 heterocycles. The van der Waals surface area contributed by atoms with Gasteiger partial charge in [-0.15, -0.1) is 0 Å². The molecule has 0 aliphatic carbocycles. The first-order valence-corrected chi connectivity index (χ1v) is 10.5. The second-order valence-corrected chi connectivity index (χ2v) is 8.38. The zero-order chi connectivity index (χ0) is 20.5. The summed E-state index contributed by atoms with van der Waals surface area (Å²) in [6.45, 7) is 4.21. The van der Waals surface area contributed by atoms with Gasteiger partial charge in [0, 0.05) is 54.2 Å². The van der Waals surface area contributed by atoms with E-state index in [1.54, 1.807) is 12.1 Å². The highest BCUT2D eigenvalue weighted by atomic mass is 79.9. The average molecular weight is 500 g/mol. The van der Waals surface area contributed by atoms with Crippen molar-refractivity contribution < 1.29 is 19.1 Å². The second-order valence-electron chi connectivity index (χ2n) is 6.74. The zero-order valence-electron chi connectivity index (χ0n) is 15.2. The molecule has 0 atom stereocenters. The Hall–Kier alpha value is -1.93. The molecule has 0 radical (unpaired) electrons. The Morgan fingerprint density at radius 3 is 2.62 bits per heavy atom. The fraction of sp³-hybridized carbons (Fsp3) is 0.250. The van der Waals surface area contributed by atoms with Gasteiger partial charge in [0.05, 0.1) is 10.2 Å². The number of rotatable bonds is 4. The van der Waals surface area contributed by atoms with Crippen LogP contribution in [0.15, 0.2) is 45.3 Å². The molecule has 6 nitrogen and oxygen atoms in total. The van der Waals surface area contributed by atoms with Crippen molar-refractivity contribution in [2.45, 2.75) is 6.54 Å². The number of fused-ring (bicyclic) bond motifs is 1. The van der Waals surface area contributed by atoms with E-state index in [1.165, 1.54) is 0 Å². The van der Waals surface area contributed by atoms with Crippen LogP contribution in [0.2, 0.25) is 10.0 Å². The molecule has 4 rings (SSSR count). The first-order valence-electron chi connectivity index (χ1n) is 8.95. The van der Waals surface area contributed by atoms with Crippen LogP contribution in [-0.4, -0.2) is 42.3 Å². The summed E-state index contributed by atoms with van der Waals surface area (Å²) in [5.74, 6) is -0.0476. The number of benzene rings is 2. The number of carboxylic acid groups (broad SMARTS) is 1. The van der Waals surface area contributed by atoms with Gasteiger partial charge in [-0.1, -0.05) is 23.2 Å². The summed E-state index contributed by atoms with van der Waals surface area (Å²) in [6.07, 6.45) is -1.41. The molecule has 1 N–H and O–H groups in total. The smallest absolute Gasteiger partial charge is 0.449 e. The van der Waals surface area contributed by atoms with E-state index in [1.807, 2.05) is 24.3 Å². The largest absolute Gasteiger partial charge is 0.513 e. The third-order valence-corrected chi connectivity index (χ3v) is 6.33. The van der Waals surface area contributed by atoms with Crippen molar-refractivity contribution in [2.75, 3.05) is 31.1 Å². The lowest BCUT2D eigenvalue weighted by molar-refractivity contribution is 0.134. The van der Waals surface area contributed by atoms with E-state index < -0.39 is 6.16 Å². The van der Waals surface area contributed by atoms with Gasteiger partial charge in [-0.25, -0.2) is 4.79 Å². The van der Waals surface area contributed by atoms with Crippen molar-refractivity contribution in [2.24, 2.45) is 0 Å². The molecule has 2 aromatic carbocycles. The van der Waals surface area contributed by atoms with Crippen LogP contribution in [0.25, 0.3) is 11.0 Å². The molecule has 1 fully saturated rings. The lowest BCUT2D eigenvalue weighted by Crippen LogP contribution is -2.46. The third-order valence-electron chi connectivity index (χ3n) is 4.89. The number of nitrogens with zero attached hydrogens (tertiary/aromatic N) is 2. The minimum absolute atomic E-state index is 0.0476. The molecule has 0 amide bonds. The summed E-state index contributed by atoms with van der Waals surface area (Å²) < 4.78 is 10.9. The van der Waals surface area contributed by atoms with Crippen LogP contribution >= 0.6 is 39.1 Å². The van der Waals surface area contributed by atoms with Gasteiger partial charge in [0.25, 0.3) is 5.95 Å². The Morgan fingerprint density at radius 1 is 1.14 bits per heavy atom. The van der Waals surface area contributed by atoms with Crippen LogP contribution in [0.4, 0.5) is 10.5 Å². The molecule has 0 unspecified atom stereocenters. The fourth-order valence-electron chi connectivity index (χ4n) is 3.48. The molecular formula is C20H17BrCl2N2O4. The molecular weight excluding hydrogens is 483 g/mol. The molecule has 1 aliphatic rings. The minimum Gasteiger partial charge on any atom is -0.449 e. The van der Waals surface area contributed by atoms with Crippen LogP contribution in [0, 0.1) is 0 Å². The number of carbonyl (C=O) groups is 1. The number of halogens is 3. The molecule has 152 valence electrons. The number of anilines is 1. The number of furan rings is 1. The number of ether oxygens (including phenoxy) is 1. The summed E-state index contributed by atoms with van der Waals surface area (Å²) in [7, 11) is 0. The summed E-state index contributed by atoms with van der Waals surface area (Å²) in [6, 6.07) is 10.9. The molecule has 3 aromatic rings. The standard InChI is InChI=1S/C20H17BrCl2N2O4/c21-19-14-10-18(29-20(26)27)28-17(14)4-3-16(19)25-7-5-24(6-8-25)11-12-9-13(22)1-2-15(12)23/h1-4,9-10H,5-8,11H2,(H,26,27). The molecule has 0 saturated carbocycles. The van der Waals surface area contributed by atoms with Crippen molar-refractivity contribution in [1.82, 2.24) is 4.90 Å². The summed E-state index contributed by atoms with van der Waals surface area (Å²) >= 11 is 16.0. The van der Waals surface area contributed by atoms with Crippen LogP contribution < -0.4 is 9.64 Å². The van der Waals surface area contributed by atoms with Crippen LogP contribution in [0.3, 0.4) is 0 Å². The van der Waals surface area contributed by atoms with Crippen molar-refractivity contribution >= 4 is 61.9 Å². The molecule has 0 spiro atoms. The van der Waals surface area contributed by atoms with Crippen molar-refractivity contribution in [3.05, 3.63) is 56.5 Å².